The molecule has 0 radical (unpaired) electrons. The van der Waals surface area contributed by atoms with Crippen LogP contribution in [0.2, 0.25) is 0 Å². The molecule has 0 bridgehead atoms. The molecule has 0 aromatic heterocycles. The van der Waals surface area contributed by atoms with Crippen molar-refractivity contribution in [2.75, 3.05) is 21.3 Å². The lowest BCUT2D eigenvalue weighted by Gasteiger charge is -2.21. The van der Waals surface area contributed by atoms with Crippen LogP contribution in [0.5, 0.6) is 17.2 Å². The summed E-state index contributed by atoms with van der Waals surface area (Å²) in [6.45, 7) is 4.38. The van der Waals surface area contributed by atoms with Crippen LogP contribution in [0.1, 0.15) is 37.4 Å². The largest absolute Gasteiger partial charge is 0.496 e. The molecule has 2 aromatic carbocycles. The number of ether oxygens (including phenoxy) is 3. The molecule has 4 nitrogen and oxygen atoms in total. The van der Waals surface area contributed by atoms with Crippen molar-refractivity contribution in [2.24, 2.45) is 0 Å². The van der Waals surface area contributed by atoms with E-state index in [9.17, 15) is 0 Å². The van der Waals surface area contributed by atoms with Crippen LogP contribution in [-0.2, 0) is 6.42 Å². The van der Waals surface area contributed by atoms with Gasteiger partial charge in [-0.25, -0.2) is 0 Å². The highest BCUT2D eigenvalue weighted by atomic mass is 35.5. The minimum Gasteiger partial charge on any atom is -0.496 e. The third-order valence-corrected chi connectivity index (χ3v) is 4.48. The van der Waals surface area contributed by atoms with Gasteiger partial charge in [-0.2, -0.15) is 0 Å². The molecular formula is C21H30ClNO3. The minimum atomic E-state index is 0. The number of hydrogen-bond donors (Lipinski definition) is 1. The van der Waals surface area contributed by atoms with Gasteiger partial charge in [0.1, 0.15) is 5.75 Å². The lowest BCUT2D eigenvalue weighted by Crippen LogP contribution is -2.29. The fourth-order valence-corrected chi connectivity index (χ4v) is 3.01. The Balaban J connectivity index is 0.00000338. The molecule has 144 valence electrons. The number of rotatable bonds is 9. The first-order valence-electron chi connectivity index (χ1n) is 8.69. The zero-order valence-electron chi connectivity index (χ0n) is 16.2. The van der Waals surface area contributed by atoms with E-state index in [-0.39, 0.29) is 18.4 Å². The van der Waals surface area contributed by atoms with E-state index in [0.29, 0.717) is 6.04 Å². The highest BCUT2D eigenvalue weighted by Crippen LogP contribution is 2.30. The smallest absolute Gasteiger partial charge is 0.161 e. The summed E-state index contributed by atoms with van der Waals surface area (Å²) in [5.74, 6) is 2.47. The maximum absolute atomic E-state index is 5.43. The van der Waals surface area contributed by atoms with Gasteiger partial charge in [0.15, 0.2) is 11.5 Å². The van der Waals surface area contributed by atoms with Crippen molar-refractivity contribution in [3.63, 3.8) is 0 Å². The summed E-state index contributed by atoms with van der Waals surface area (Å²) in [4.78, 5) is 0. The summed E-state index contributed by atoms with van der Waals surface area (Å²) >= 11 is 0. The molecule has 1 N–H and O–H groups in total. The quantitative estimate of drug-likeness (QED) is 0.678. The van der Waals surface area contributed by atoms with Crippen LogP contribution < -0.4 is 19.5 Å². The van der Waals surface area contributed by atoms with Crippen molar-refractivity contribution in [2.45, 2.75) is 38.8 Å². The Hall–Kier alpha value is -1.91. The van der Waals surface area contributed by atoms with Crippen LogP contribution in [0.3, 0.4) is 0 Å². The van der Waals surface area contributed by atoms with Gasteiger partial charge in [0, 0.05) is 12.1 Å². The molecule has 0 aliphatic rings. The van der Waals surface area contributed by atoms with Crippen molar-refractivity contribution in [3.05, 3.63) is 53.6 Å². The van der Waals surface area contributed by atoms with E-state index in [4.69, 9.17) is 14.2 Å². The molecule has 0 fully saturated rings. The van der Waals surface area contributed by atoms with Crippen molar-refractivity contribution < 1.29 is 14.2 Å². The van der Waals surface area contributed by atoms with E-state index in [0.717, 1.165) is 30.1 Å². The molecule has 0 heterocycles. The number of hydrogen-bond acceptors (Lipinski definition) is 4. The van der Waals surface area contributed by atoms with Gasteiger partial charge < -0.3 is 19.5 Å². The van der Waals surface area contributed by atoms with Gasteiger partial charge in [0.05, 0.1) is 21.3 Å². The fourth-order valence-electron chi connectivity index (χ4n) is 3.01. The van der Waals surface area contributed by atoms with Gasteiger partial charge in [-0.3, -0.25) is 0 Å². The Morgan fingerprint density at radius 1 is 0.846 bits per heavy atom. The lowest BCUT2D eigenvalue weighted by molar-refractivity contribution is 0.353. The first-order chi connectivity index (χ1) is 12.1. The van der Waals surface area contributed by atoms with E-state index in [1.807, 2.05) is 24.3 Å². The number of benzene rings is 2. The second kappa shape index (κ2) is 10.9. The first kappa shape index (κ1) is 22.1. The molecule has 2 rings (SSSR count). The van der Waals surface area contributed by atoms with Gasteiger partial charge in [-0.1, -0.05) is 24.3 Å². The molecule has 0 aliphatic heterocycles. The van der Waals surface area contributed by atoms with Crippen LogP contribution in [-0.4, -0.2) is 27.4 Å². The fraction of sp³-hybridized carbons (Fsp3) is 0.429. The summed E-state index contributed by atoms with van der Waals surface area (Å²) in [6, 6.07) is 14.9. The van der Waals surface area contributed by atoms with Gasteiger partial charge in [-0.05, 0) is 56.0 Å². The van der Waals surface area contributed by atoms with E-state index in [1.165, 1.54) is 11.1 Å². The Kier molecular flexibility index (Phi) is 9.31. The summed E-state index contributed by atoms with van der Waals surface area (Å²) in [6.07, 6.45) is 2.02. The highest BCUT2D eigenvalue weighted by molar-refractivity contribution is 5.85. The number of halogens is 1. The van der Waals surface area contributed by atoms with Gasteiger partial charge in [-0.15, -0.1) is 12.4 Å². The van der Waals surface area contributed by atoms with Crippen molar-refractivity contribution >= 4 is 12.4 Å². The van der Waals surface area contributed by atoms with Crippen LogP contribution >= 0.6 is 12.4 Å². The third-order valence-electron chi connectivity index (χ3n) is 4.48. The third kappa shape index (κ3) is 5.82. The number of aryl methyl sites for hydroxylation is 1. The van der Waals surface area contributed by atoms with Gasteiger partial charge >= 0.3 is 0 Å². The average molecular weight is 380 g/mol. The topological polar surface area (TPSA) is 39.7 Å². The zero-order chi connectivity index (χ0) is 18.2. The summed E-state index contributed by atoms with van der Waals surface area (Å²) in [5, 5.41) is 3.66. The molecule has 2 aromatic rings. The SMILES string of the molecule is COc1ccccc1CCC(C)NC(C)c1ccc(OC)c(OC)c1.Cl. The average Bonchev–Trinajstić information content (AvgIpc) is 2.65. The summed E-state index contributed by atoms with van der Waals surface area (Å²) < 4.78 is 16.1. The monoisotopic (exact) mass is 379 g/mol. The van der Waals surface area contributed by atoms with Crippen molar-refractivity contribution in [1.82, 2.24) is 5.32 Å². The molecule has 0 spiro atoms. The molecule has 5 heteroatoms. The highest BCUT2D eigenvalue weighted by Gasteiger charge is 2.13. The number of para-hydroxylation sites is 1. The second-order valence-electron chi connectivity index (χ2n) is 6.25. The molecule has 0 aliphatic carbocycles. The Morgan fingerprint density at radius 2 is 1.50 bits per heavy atom. The van der Waals surface area contributed by atoms with Gasteiger partial charge in [0.2, 0.25) is 0 Å². The normalized spacial score (nSPS) is 12.7. The maximum atomic E-state index is 5.43. The zero-order valence-corrected chi connectivity index (χ0v) is 17.1. The second-order valence-corrected chi connectivity index (χ2v) is 6.25. The van der Waals surface area contributed by atoms with Crippen LogP contribution in [0, 0.1) is 0 Å². The number of methoxy groups -OCH3 is 3. The van der Waals surface area contributed by atoms with Crippen molar-refractivity contribution in [3.8, 4) is 17.2 Å². The van der Waals surface area contributed by atoms with Crippen molar-refractivity contribution in [1.29, 1.82) is 0 Å². The number of nitrogens with one attached hydrogen (secondary N) is 1. The Bertz CT molecular complexity index is 678. The molecule has 0 amide bonds. The lowest BCUT2D eigenvalue weighted by atomic mass is 10.0. The van der Waals surface area contributed by atoms with E-state index < -0.39 is 0 Å². The predicted molar refractivity (Wildman–Crippen MR) is 109 cm³/mol. The first-order valence-corrected chi connectivity index (χ1v) is 8.69. The molecule has 2 atom stereocenters. The van der Waals surface area contributed by atoms with Crippen LogP contribution in [0.15, 0.2) is 42.5 Å². The van der Waals surface area contributed by atoms with E-state index in [1.54, 1.807) is 21.3 Å². The molecule has 26 heavy (non-hydrogen) atoms. The Morgan fingerprint density at radius 3 is 2.15 bits per heavy atom. The predicted octanol–water partition coefficient (Wildman–Crippen LogP) is 4.81. The Labute approximate surface area is 163 Å². The van der Waals surface area contributed by atoms with Crippen LogP contribution in [0.25, 0.3) is 0 Å². The molecule has 0 saturated heterocycles. The minimum absolute atomic E-state index is 0. The van der Waals surface area contributed by atoms with Gasteiger partial charge in [0.25, 0.3) is 0 Å². The summed E-state index contributed by atoms with van der Waals surface area (Å²) in [5.41, 5.74) is 2.43. The molecule has 0 saturated carbocycles. The molecule has 2 unspecified atom stereocenters. The standard InChI is InChI=1S/C21H29NO3.ClH/c1-15(10-11-17-8-6-7-9-19(17)23-3)22-16(2)18-12-13-20(24-4)21(14-18)25-5;/h6-9,12-16,22H,10-11H2,1-5H3;1H. The van der Waals surface area contributed by atoms with Crippen LogP contribution in [0.4, 0.5) is 0 Å². The molecular weight excluding hydrogens is 350 g/mol. The van der Waals surface area contributed by atoms with E-state index in [2.05, 4.69) is 37.4 Å². The van der Waals surface area contributed by atoms with E-state index >= 15 is 0 Å². The maximum Gasteiger partial charge on any atom is 0.161 e. The summed E-state index contributed by atoms with van der Waals surface area (Å²) in [7, 11) is 5.04.